The third-order valence-corrected chi connectivity index (χ3v) is 6.51. The van der Waals surface area contributed by atoms with E-state index in [0.717, 1.165) is 69.8 Å². The average molecular weight is 443 g/mol. The van der Waals surface area contributed by atoms with Crippen LogP contribution in [0.5, 0.6) is 0 Å². The lowest BCUT2D eigenvalue weighted by atomic mass is 9.92. The number of hydrogen-bond donors (Lipinski definition) is 2. The quantitative estimate of drug-likeness (QED) is 0.749. The second kappa shape index (κ2) is 10.1. The SMILES string of the molecule is CN1CCN(C(=O)Cc2cccc(NC(=O)C3CC34CCNCC4)c2)CC1.Cl.Cl. The largest absolute Gasteiger partial charge is 0.340 e. The molecule has 3 fully saturated rings. The molecular weight excluding hydrogens is 411 g/mol. The molecule has 4 rings (SSSR count). The van der Waals surface area contributed by atoms with Crippen molar-refractivity contribution < 1.29 is 9.59 Å². The van der Waals surface area contributed by atoms with Crippen LogP contribution in [0.15, 0.2) is 24.3 Å². The Morgan fingerprint density at radius 2 is 1.83 bits per heavy atom. The van der Waals surface area contributed by atoms with Gasteiger partial charge in [0.1, 0.15) is 0 Å². The molecule has 1 spiro atoms. The number of rotatable bonds is 4. The Morgan fingerprint density at radius 3 is 2.52 bits per heavy atom. The normalized spacial score (nSPS) is 22.9. The van der Waals surface area contributed by atoms with Gasteiger partial charge in [0.15, 0.2) is 0 Å². The van der Waals surface area contributed by atoms with Gasteiger partial charge < -0.3 is 20.4 Å². The molecule has 6 nitrogen and oxygen atoms in total. The number of anilines is 1. The molecule has 162 valence electrons. The Balaban J connectivity index is 0.00000150. The fourth-order valence-corrected chi connectivity index (χ4v) is 4.53. The maximum Gasteiger partial charge on any atom is 0.228 e. The van der Waals surface area contributed by atoms with Crippen molar-refractivity contribution in [2.24, 2.45) is 11.3 Å². The molecule has 2 heterocycles. The summed E-state index contributed by atoms with van der Waals surface area (Å²) < 4.78 is 0. The summed E-state index contributed by atoms with van der Waals surface area (Å²) in [5, 5.41) is 6.46. The maximum atomic E-state index is 12.6. The summed E-state index contributed by atoms with van der Waals surface area (Å²) in [6.45, 7) is 5.50. The van der Waals surface area contributed by atoms with Crippen LogP contribution in [0.1, 0.15) is 24.8 Å². The van der Waals surface area contributed by atoms with Gasteiger partial charge in [-0.1, -0.05) is 12.1 Å². The van der Waals surface area contributed by atoms with Gasteiger partial charge in [-0.3, -0.25) is 9.59 Å². The fourth-order valence-electron chi connectivity index (χ4n) is 4.53. The first-order valence-corrected chi connectivity index (χ1v) is 10.1. The lowest BCUT2D eigenvalue weighted by Gasteiger charge is -2.32. The van der Waals surface area contributed by atoms with E-state index in [-0.39, 0.29) is 48.0 Å². The van der Waals surface area contributed by atoms with Gasteiger partial charge in [-0.05, 0) is 62.5 Å². The van der Waals surface area contributed by atoms with Crippen LogP contribution in [0.25, 0.3) is 0 Å². The van der Waals surface area contributed by atoms with E-state index in [1.807, 2.05) is 29.2 Å². The molecule has 0 bridgehead atoms. The van der Waals surface area contributed by atoms with Gasteiger partial charge in [0.25, 0.3) is 0 Å². The number of hydrogen-bond acceptors (Lipinski definition) is 4. The Morgan fingerprint density at radius 1 is 1.14 bits per heavy atom. The number of likely N-dealkylation sites (N-methyl/N-ethyl adjacent to an activating group) is 1. The Hall–Kier alpha value is -1.34. The molecule has 2 aliphatic heterocycles. The fraction of sp³-hybridized carbons (Fsp3) is 0.619. The molecule has 2 N–H and O–H groups in total. The minimum Gasteiger partial charge on any atom is -0.340 e. The van der Waals surface area contributed by atoms with Crippen molar-refractivity contribution in [1.29, 1.82) is 0 Å². The minimum atomic E-state index is 0. The second-order valence-electron chi connectivity index (χ2n) is 8.42. The van der Waals surface area contributed by atoms with Gasteiger partial charge in [0, 0.05) is 37.8 Å². The molecule has 1 unspecified atom stereocenters. The third-order valence-electron chi connectivity index (χ3n) is 6.51. The van der Waals surface area contributed by atoms with Gasteiger partial charge in [-0.2, -0.15) is 0 Å². The van der Waals surface area contributed by atoms with Crippen molar-refractivity contribution in [2.75, 3.05) is 51.6 Å². The van der Waals surface area contributed by atoms with Crippen molar-refractivity contribution in [1.82, 2.24) is 15.1 Å². The molecule has 1 aliphatic carbocycles. The predicted molar refractivity (Wildman–Crippen MR) is 120 cm³/mol. The Kier molecular flexibility index (Phi) is 8.35. The topological polar surface area (TPSA) is 64.7 Å². The van der Waals surface area contributed by atoms with Gasteiger partial charge in [0.2, 0.25) is 11.8 Å². The highest BCUT2D eigenvalue weighted by Gasteiger charge is 2.57. The van der Waals surface area contributed by atoms with E-state index in [0.29, 0.717) is 6.42 Å². The molecule has 1 atom stereocenters. The van der Waals surface area contributed by atoms with Crippen molar-refractivity contribution in [2.45, 2.75) is 25.7 Å². The van der Waals surface area contributed by atoms with E-state index in [9.17, 15) is 9.59 Å². The highest BCUT2D eigenvalue weighted by Crippen LogP contribution is 2.58. The lowest BCUT2D eigenvalue weighted by molar-refractivity contribution is -0.132. The van der Waals surface area contributed by atoms with E-state index in [4.69, 9.17) is 0 Å². The molecule has 3 aliphatic rings. The monoisotopic (exact) mass is 442 g/mol. The summed E-state index contributed by atoms with van der Waals surface area (Å²) in [7, 11) is 2.09. The number of carbonyl (C=O) groups is 2. The van der Waals surface area contributed by atoms with Crippen molar-refractivity contribution >= 4 is 42.3 Å². The first kappa shape index (κ1) is 23.9. The number of benzene rings is 1. The number of nitrogens with zero attached hydrogens (tertiary/aromatic N) is 2. The number of nitrogens with one attached hydrogen (secondary N) is 2. The number of amides is 2. The molecule has 2 saturated heterocycles. The minimum absolute atomic E-state index is 0. The summed E-state index contributed by atoms with van der Waals surface area (Å²) in [5.74, 6) is 0.456. The zero-order chi connectivity index (χ0) is 18.9. The highest BCUT2D eigenvalue weighted by atomic mass is 35.5. The van der Waals surface area contributed by atoms with E-state index in [1.54, 1.807) is 0 Å². The molecule has 0 aromatic heterocycles. The predicted octanol–water partition coefficient (Wildman–Crippen LogP) is 2.17. The van der Waals surface area contributed by atoms with E-state index < -0.39 is 0 Å². The number of carbonyl (C=O) groups excluding carboxylic acids is 2. The first-order valence-electron chi connectivity index (χ1n) is 10.1. The summed E-state index contributed by atoms with van der Waals surface area (Å²) in [5.41, 5.74) is 2.01. The number of piperidine rings is 1. The lowest BCUT2D eigenvalue weighted by Crippen LogP contribution is -2.47. The highest BCUT2D eigenvalue weighted by molar-refractivity contribution is 5.95. The van der Waals surface area contributed by atoms with Gasteiger partial charge in [-0.25, -0.2) is 0 Å². The van der Waals surface area contributed by atoms with Gasteiger partial charge >= 0.3 is 0 Å². The van der Waals surface area contributed by atoms with E-state index >= 15 is 0 Å². The number of halogens is 2. The van der Waals surface area contributed by atoms with Gasteiger partial charge in [0.05, 0.1) is 6.42 Å². The summed E-state index contributed by atoms with van der Waals surface area (Å²) >= 11 is 0. The first-order chi connectivity index (χ1) is 13.1. The average Bonchev–Trinajstić information content (AvgIpc) is 3.36. The molecule has 29 heavy (non-hydrogen) atoms. The standard InChI is InChI=1S/C21H30N4O2.2ClH/c1-24-9-11-25(12-10-24)19(26)14-16-3-2-4-17(13-16)23-20(27)18-15-21(18)5-7-22-8-6-21;;/h2-4,13,18,22H,5-12,14-15H2,1H3,(H,23,27);2*1H. The molecule has 2 amide bonds. The zero-order valence-electron chi connectivity index (χ0n) is 17.0. The summed E-state index contributed by atoms with van der Waals surface area (Å²) in [6.07, 6.45) is 3.61. The summed E-state index contributed by atoms with van der Waals surface area (Å²) in [4.78, 5) is 29.4. The molecule has 1 aromatic rings. The van der Waals surface area contributed by atoms with Crippen molar-refractivity contribution in [3.63, 3.8) is 0 Å². The third kappa shape index (κ3) is 5.63. The van der Waals surface area contributed by atoms with Gasteiger partial charge in [-0.15, -0.1) is 24.8 Å². The summed E-state index contributed by atoms with van der Waals surface area (Å²) in [6, 6.07) is 7.76. The van der Waals surface area contributed by atoms with Crippen molar-refractivity contribution in [3.8, 4) is 0 Å². The molecule has 1 aromatic carbocycles. The Labute approximate surface area is 185 Å². The van der Waals surface area contributed by atoms with Crippen LogP contribution >= 0.6 is 24.8 Å². The van der Waals surface area contributed by atoms with Crippen LogP contribution in [0.3, 0.4) is 0 Å². The van der Waals surface area contributed by atoms with Crippen LogP contribution in [-0.2, 0) is 16.0 Å². The maximum absolute atomic E-state index is 12.6. The molecular formula is C21H32Cl2N4O2. The van der Waals surface area contributed by atoms with Crippen LogP contribution in [0.4, 0.5) is 5.69 Å². The molecule has 1 saturated carbocycles. The van der Waals surface area contributed by atoms with Crippen LogP contribution < -0.4 is 10.6 Å². The van der Waals surface area contributed by atoms with E-state index in [2.05, 4.69) is 22.6 Å². The van der Waals surface area contributed by atoms with E-state index in [1.165, 1.54) is 0 Å². The molecule has 0 radical (unpaired) electrons. The van der Waals surface area contributed by atoms with Crippen LogP contribution in [-0.4, -0.2) is 67.9 Å². The van der Waals surface area contributed by atoms with Crippen LogP contribution in [0.2, 0.25) is 0 Å². The smallest absolute Gasteiger partial charge is 0.228 e. The Bertz CT molecular complexity index is 716. The zero-order valence-corrected chi connectivity index (χ0v) is 18.6. The molecule has 8 heteroatoms. The second-order valence-corrected chi connectivity index (χ2v) is 8.42. The van der Waals surface area contributed by atoms with Crippen molar-refractivity contribution in [3.05, 3.63) is 29.8 Å². The van der Waals surface area contributed by atoms with Crippen LogP contribution in [0, 0.1) is 11.3 Å². The number of piperazine rings is 1.